The molecule has 31 heavy (non-hydrogen) atoms. The number of carbonyl (C=O) groups excluding carboxylic acids is 1. The molecule has 2 heterocycles. The lowest BCUT2D eigenvalue weighted by atomic mass is 10.2. The Balaban J connectivity index is 1.64. The Labute approximate surface area is 190 Å². The van der Waals surface area contributed by atoms with E-state index in [4.69, 9.17) is 28.3 Å². The highest BCUT2D eigenvalue weighted by molar-refractivity contribution is 6.44. The van der Waals surface area contributed by atoms with Crippen LogP contribution in [-0.2, 0) is 13.5 Å². The lowest BCUT2D eigenvalue weighted by Gasteiger charge is -2.11. The van der Waals surface area contributed by atoms with Gasteiger partial charge in [0.25, 0.3) is 0 Å². The number of fused-ring (bicyclic) bond motifs is 1. The van der Waals surface area contributed by atoms with Crippen molar-refractivity contribution in [2.24, 2.45) is 7.05 Å². The molecule has 0 saturated heterocycles. The van der Waals surface area contributed by atoms with Gasteiger partial charge in [0.05, 0.1) is 27.1 Å². The number of halogens is 2. The molecule has 2 amide bonds. The summed E-state index contributed by atoms with van der Waals surface area (Å²) in [5.74, 6) is 0.581. The third kappa shape index (κ3) is 4.55. The van der Waals surface area contributed by atoms with Crippen molar-refractivity contribution in [1.29, 1.82) is 0 Å². The number of hydrogen-bond donors (Lipinski definition) is 2. The number of aryl methyl sites for hydroxylation is 2. The van der Waals surface area contributed by atoms with Crippen LogP contribution in [0.25, 0.3) is 16.6 Å². The molecule has 4 aromatic rings. The molecular weight excluding hydrogens is 433 g/mol. The minimum Gasteiger partial charge on any atom is -0.351 e. The number of benzene rings is 2. The van der Waals surface area contributed by atoms with Crippen molar-refractivity contribution >= 4 is 51.6 Å². The maximum atomic E-state index is 12.7. The Morgan fingerprint density at radius 3 is 2.74 bits per heavy atom. The number of urea groups is 1. The van der Waals surface area contributed by atoms with Crippen molar-refractivity contribution < 1.29 is 4.79 Å². The smallest absolute Gasteiger partial charge is 0.324 e. The molecule has 0 aliphatic rings. The highest BCUT2D eigenvalue weighted by Gasteiger charge is 2.15. The minimum atomic E-state index is -0.423. The normalized spacial score (nSPS) is 11.1. The number of hydrogen-bond acceptors (Lipinski definition) is 2. The first kappa shape index (κ1) is 21.3. The zero-order chi connectivity index (χ0) is 22.0. The number of rotatable bonds is 6. The molecule has 0 saturated carbocycles. The Hall–Kier alpha value is -2.96. The van der Waals surface area contributed by atoms with Crippen LogP contribution in [0.3, 0.4) is 0 Å². The van der Waals surface area contributed by atoms with E-state index in [2.05, 4.69) is 34.3 Å². The lowest BCUT2D eigenvalue weighted by molar-refractivity contribution is 0.262. The van der Waals surface area contributed by atoms with E-state index >= 15 is 0 Å². The lowest BCUT2D eigenvalue weighted by Crippen LogP contribution is -2.21. The minimum absolute atomic E-state index is 0.297. The van der Waals surface area contributed by atoms with Crippen LogP contribution < -0.4 is 10.6 Å². The van der Waals surface area contributed by atoms with E-state index < -0.39 is 6.03 Å². The number of aromatic nitrogens is 3. The van der Waals surface area contributed by atoms with Gasteiger partial charge in [-0.3, -0.25) is 5.32 Å². The van der Waals surface area contributed by atoms with Crippen molar-refractivity contribution in [2.45, 2.75) is 26.2 Å². The summed E-state index contributed by atoms with van der Waals surface area (Å²) in [6, 6.07) is 14.7. The van der Waals surface area contributed by atoms with Gasteiger partial charge in [-0.05, 0) is 49.2 Å². The molecule has 0 bridgehead atoms. The van der Waals surface area contributed by atoms with Crippen molar-refractivity contribution in [3.05, 3.63) is 70.5 Å². The van der Waals surface area contributed by atoms with Crippen molar-refractivity contribution in [1.82, 2.24) is 14.3 Å². The number of carbonyl (C=O) groups is 1. The van der Waals surface area contributed by atoms with Gasteiger partial charge in [-0.2, -0.15) is 5.10 Å². The van der Waals surface area contributed by atoms with Gasteiger partial charge in [-0.15, -0.1) is 0 Å². The highest BCUT2D eigenvalue weighted by atomic mass is 35.5. The van der Waals surface area contributed by atoms with Gasteiger partial charge in [-0.25, -0.2) is 9.48 Å². The molecule has 8 heteroatoms. The van der Waals surface area contributed by atoms with E-state index in [1.165, 1.54) is 0 Å². The Morgan fingerprint density at radius 2 is 1.94 bits per heavy atom. The molecule has 0 unspecified atom stereocenters. The fourth-order valence-electron chi connectivity index (χ4n) is 3.47. The van der Waals surface area contributed by atoms with Gasteiger partial charge in [-0.1, -0.05) is 42.6 Å². The Kier molecular flexibility index (Phi) is 6.20. The molecule has 0 fully saturated rings. The first-order valence-electron chi connectivity index (χ1n) is 10.1. The van der Waals surface area contributed by atoms with Gasteiger partial charge in [0.15, 0.2) is 0 Å². The van der Waals surface area contributed by atoms with Crippen LogP contribution in [0, 0.1) is 0 Å². The van der Waals surface area contributed by atoms with Crippen molar-refractivity contribution in [2.75, 3.05) is 10.6 Å². The van der Waals surface area contributed by atoms with Gasteiger partial charge in [0.1, 0.15) is 5.82 Å². The predicted molar refractivity (Wildman–Crippen MR) is 128 cm³/mol. The second kappa shape index (κ2) is 9.04. The molecule has 0 atom stereocenters. The van der Waals surface area contributed by atoms with Gasteiger partial charge < -0.3 is 9.88 Å². The standard InChI is InChI=1S/C23H23Cl2N5O/c1-3-4-6-16-14-21(27-23(31)26-19-8-5-7-18(24)22(19)25)30(28-16)17-9-10-20-15(13-17)11-12-29(20)2/h5,7-14H,3-4,6H2,1-2H3,(H2,26,27,31). The molecule has 4 rings (SSSR count). The fraction of sp³-hybridized carbons (Fsp3) is 0.217. The summed E-state index contributed by atoms with van der Waals surface area (Å²) in [5, 5.41) is 12.2. The molecular formula is C23H23Cl2N5O. The van der Waals surface area contributed by atoms with Crippen molar-refractivity contribution in [3.63, 3.8) is 0 Å². The molecule has 0 aliphatic carbocycles. The van der Waals surface area contributed by atoms with Crippen LogP contribution in [0.2, 0.25) is 10.0 Å². The highest BCUT2D eigenvalue weighted by Crippen LogP contribution is 2.30. The SMILES string of the molecule is CCCCc1cc(NC(=O)Nc2cccc(Cl)c2Cl)n(-c2ccc3c(ccn3C)c2)n1. The van der Waals surface area contributed by atoms with Crippen LogP contribution >= 0.6 is 23.2 Å². The Bertz CT molecular complexity index is 1240. The van der Waals surface area contributed by atoms with E-state index in [1.54, 1.807) is 22.9 Å². The summed E-state index contributed by atoms with van der Waals surface area (Å²) >= 11 is 12.2. The summed E-state index contributed by atoms with van der Waals surface area (Å²) in [4.78, 5) is 12.7. The average Bonchev–Trinajstić information content (AvgIpc) is 3.33. The first-order chi connectivity index (χ1) is 15.0. The largest absolute Gasteiger partial charge is 0.351 e. The van der Waals surface area contributed by atoms with E-state index in [1.807, 2.05) is 31.4 Å². The molecule has 0 radical (unpaired) electrons. The number of nitrogens with one attached hydrogen (secondary N) is 2. The number of anilines is 2. The summed E-state index contributed by atoms with van der Waals surface area (Å²) < 4.78 is 3.83. The maximum absolute atomic E-state index is 12.7. The third-order valence-electron chi connectivity index (χ3n) is 5.10. The molecule has 6 nitrogen and oxygen atoms in total. The van der Waals surface area contributed by atoms with E-state index in [0.29, 0.717) is 21.6 Å². The van der Waals surface area contributed by atoms with Gasteiger partial charge in [0.2, 0.25) is 0 Å². The summed E-state index contributed by atoms with van der Waals surface area (Å²) in [6.07, 6.45) is 4.96. The van der Waals surface area contributed by atoms with Crippen LogP contribution in [-0.4, -0.2) is 20.4 Å². The monoisotopic (exact) mass is 455 g/mol. The van der Waals surface area contributed by atoms with Crippen LogP contribution in [0.4, 0.5) is 16.3 Å². The maximum Gasteiger partial charge on any atom is 0.324 e. The molecule has 2 aromatic carbocycles. The third-order valence-corrected chi connectivity index (χ3v) is 5.92. The van der Waals surface area contributed by atoms with Crippen LogP contribution in [0.15, 0.2) is 54.7 Å². The van der Waals surface area contributed by atoms with E-state index in [9.17, 15) is 4.79 Å². The predicted octanol–water partition coefficient (Wildman–Crippen LogP) is 6.66. The van der Waals surface area contributed by atoms with Crippen molar-refractivity contribution in [3.8, 4) is 5.69 Å². The zero-order valence-electron chi connectivity index (χ0n) is 17.3. The molecule has 2 N–H and O–H groups in total. The zero-order valence-corrected chi connectivity index (χ0v) is 18.8. The summed E-state index contributed by atoms with van der Waals surface area (Å²) in [5.41, 5.74) is 3.36. The molecule has 2 aromatic heterocycles. The molecule has 160 valence electrons. The molecule has 0 spiro atoms. The van der Waals surface area contributed by atoms with Gasteiger partial charge in [0, 0.05) is 30.2 Å². The summed E-state index contributed by atoms with van der Waals surface area (Å²) in [6.45, 7) is 2.14. The van der Waals surface area contributed by atoms with Crippen LogP contribution in [0.1, 0.15) is 25.5 Å². The van der Waals surface area contributed by atoms with E-state index in [0.717, 1.165) is 41.5 Å². The number of amides is 2. The van der Waals surface area contributed by atoms with Crippen LogP contribution in [0.5, 0.6) is 0 Å². The summed E-state index contributed by atoms with van der Waals surface area (Å²) in [7, 11) is 2.01. The van der Waals surface area contributed by atoms with Gasteiger partial charge >= 0.3 is 6.03 Å². The Morgan fingerprint density at radius 1 is 1.10 bits per heavy atom. The second-order valence-corrected chi connectivity index (χ2v) is 8.17. The first-order valence-corrected chi connectivity index (χ1v) is 10.9. The number of unbranched alkanes of at least 4 members (excludes halogenated alkanes) is 1. The number of nitrogens with zero attached hydrogens (tertiary/aromatic N) is 3. The average molecular weight is 456 g/mol. The quantitative estimate of drug-likeness (QED) is 0.341. The second-order valence-electron chi connectivity index (χ2n) is 7.39. The van der Waals surface area contributed by atoms with E-state index in [-0.39, 0.29) is 0 Å². The topological polar surface area (TPSA) is 63.9 Å². The molecule has 0 aliphatic heterocycles. The fourth-order valence-corrected chi connectivity index (χ4v) is 3.81.